The Labute approximate surface area is 155 Å². The lowest BCUT2D eigenvalue weighted by Crippen LogP contribution is -2.33. The number of fused-ring (bicyclic) bond motifs is 1. The van der Waals surface area contributed by atoms with Crippen molar-refractivity contribution in [1.29, 1.82) is 0 Å². The van der Waals surface area contributed by atoms with Gasteiger partial charge in [-0.1, -0.05) is 6.07 Å². The first-order chi connectivity index (χ1) is 12.4. The molecule has 1 aliphatic heterocycles. The van der Waals surface area contributed by atoms with Crippen molar-refractivity contribution in [2.45, 2.75) is 26.2 Å². The van der Waals surface area contributed by atoms with Crippen LogP contribution in [0.5, 0.6) is 0 Å². The van der Waals surface area contributed by atoms with Gasteiger partial charge < -0.3 is 10.2 Å². The van der Waals surface area contributed by atoms with Crippen molar-refractivity contribution in [1.82, 2.24) is 15.2 Å². The fraction of sp³-hybridized carbons (Fsp3) is 0.263. The molecule has 2 aromatic heterocycles. The molecule has 7 heteroatoms. The van der Waals surface area contributed by atoms with Crippen LogP contribution in [0.3, 0.4) is 0 Å². The first-order valence-electron chi connectivity index (χ1n) is 8.32. The molecule has 1 N–H and O–H groups in total. The highest BCUT2D eigenvalue weighted by Crippen LogP contribution is 2.42. The molecule has 0 saturated heterocycles. The molecule has 0 unspecified atom stereocenters. The number of nitrogens with one attached hydrogen (secondary N) is 1. The zero-order valence-electron chi connectivity index (χ0n) is 15.1. The van der Waals surface area contributed by atoms with Crippen LogP contribution in [0.4, 0.5) is 16.6 Å². The number of hydrogen-bond acceptors (Lipinski definition) is 6. The van der Waals surface area contributed by atoms with Crippen molar-refractivity contribution in [3.63, 3.8) is 0 Å². The maximum absolute atomic E-state index is 12.5. The van der Waals surface area contributed by atoms with Crippen molar-refractivity contribution in [2.75, 3.05) is 17.3 Å². The molecule has 0 bridgehead atoms. The smallest absolute Gasteiger partial charge is 0.236 e. The number of carbonyl (C=O) groups is 1. The van der Waals surface area contributed by atoms with E-state index in [1.54, 1.807) is 4.90 Å². The number of likely N-dealkylation sites (N-methyl/N-ethyl adjacent to an activating group) is 1. The van der Waals surface area contributed by atoms with Crippen LogP contribution in [0.1, 0.15) is 25.1 Å². The van der Waals surface area contributed by atoms with Crippen LogP contribution in [0.15, 0.2) is 35.7 Å². The van der Waals surface area contributed by atoms with E-state index in [9.17, 15) is 4.79 Å². The van der Waals surface area contributed by atoms with Crippen LogP contribution in [0.25, 0.3) is 11.3 Å². The number of nitrogens with zero attached hydrogens (tertiary/aromatic N) is 4. The Hall–Kier alpha value is -2.80. The molecule has 3 heterocycles. The van der Waals surface area contributed by atoms with Gasteiger partial charge in [-0.25, -0.2) is 4.98 Å². The molecule has 3 aromatic rings. The van der Waals surface area contributed by atoms with Gasteiger partial charge in [0.25, 0.3) is 0 Å². The fourth-order valence-corrected chi connectivity index (χ4v) is 3.90. The Morgan fingerprint density at radius 2 is 1.96 bits per heavy atom. The summed E-state index contributed by atoms with van der Waals surface area (Å²) in [5, 5.41) is 14.1. The van der Waals surface area contributed by atoms with E-state index in [2.05, 4.69) is 26.6 Å². The van der Waals surface area contributed by atoms with Crippen molar-refractivity contribution >= 4 is 33.9 Å². The molecule has 1 aromatic carbocycles. The lowest BCUT2D eigenvalue weighted by molar-refractivity contribution is -0.121. The first-order valence-corrected chi connectivity index (χ1v) is 9.20. The number of thiazole rings is 1. The molecule has 0 radical (unpaired) electrons. The Kier molecular flexibility index (Phi) is 3.77. The van der Waals surface area contributed by atoms with E-state index in [0.717, 1.165) is 33.3 Å². The molecular weight excluding hydrogens is 346 g/mol. The molecule has 0 spiro atoms. The topological polar surface area (TPSA) is 71.0 Å². The summed E-state index contributed by atoms with van der Waals surface area (Å²) in [6.07, 6.45) is 0. The molecule has 1 aliphatic rings. The predicted octanol–water partition coefficient (Wildman–Crippen LogP) is 3.91. The third-order valence-corrected chi connectivity index (χ3v) is 5.46. The van der Waals surface area contributed by atoms with Gasteiger partial charge in [0.15, 0.2) is 10.9 Å². The summed E-state index contributed by atoms with van der Waals surface area (Å²) in [6.45, 7) is 5.83. The van der Waals surface area contributed by atoms with Crippen molar-refractivity contribution < 1.29 is 4.79 Å². The number of amides is 1. The highest BCUT2D eigenvalue weighted by molar-refractivity contribution is 7.14. The molecule has 26 heavy (non-hydrogen) atoms. The van der Waals surface area contributed by atoms with E-state index in [1.807, 2.05) is 57.5 Å². The molecule has 132 valence electrons. The number of rotatable bonds is 3. The molecular formula is C19H19N5OS. The normalized spacial score (nSPS) is 15.2. The molecule has 0 atom stereocenters. The van der Waals surface area contributed by atoms with Gasteiger partial charge in [-0.05, 0) is 50.6 Å². The van der Waals surface area contributed by atoms with Crippen LogP contribution >= 0.6 is 11.3 Å². The van der Waals surface area contributed by atoms with Gasteiger partial charge >= 0.3 is 0 Å². The number of aryl methyl sites for hydroxylation is 1. The Morgan fingerprint density at radius 3 is 2.69 bits per heavy atom. The Bertz CT molecular complexity index is 993. The summed E-state index contributed by atoms with van der Waals surface area (Å²) in [5.41, 5.74) is 4.23. The molecule has 0 fully saturated rings. The van der Waals surface area contributed by atoms with Crippen molar-refractivity contribution in [2.24, 2.45) is 0 Å². The zero-order valence-corrected chi connectivity index (χ0v) is 15.9. The van der Waals surface area contributed by atoms with Gasteiger partial charge in [-0.3, -0.25) is 4.79 Å². The van der Waals surface area contributed by atoms with Crippen LogP contribution < -0.4 is 10.2 Å². The summed E-state index contributed by atoms with van der Waals surface area (Å²) in [6, 6.07) is 9.85. The summed E-state index contributed by atoms with van der Waals surface area (Å²) in [4.78, 5) is 18.8. The second kappa shape index (κ2) is 5.88. The van der Waals surface area contributed by atoms with Crippen LogP contribution in [-0.4, -0.2) is 28.1 Å². The highest BCUT2D eigenvalue weighted by Gasteiger charge is 2.42. The van der Waals surface area contributed by atoms with E-state index >= 15 is 0 Å². The maximum atomic E-state index is 12.5. The second-order valence-electron chi connectivity index (χ2n) is 6.94. The van der Waals surface area contributed by atoms with Crippen molar-refractivity contribution in [3.05, 3.63) is 47.0 Å². The zero-order chi connectivity index (χ0) is 18.5. The number of benzene rings is 1. The fourth-order valence-electron chi connectivity index (χ4n) is 3.17. The van der Waals surface area contributed by atoms with Crippen LogP contribution in [-0.2, 0) is 10.2 Å². The third-order valence-electron chi connectivity index (χ3n) is 4.70. The molecule has 6 nitrogen and oxygen atoms in total. The Balaban J connectivity index is 1.64. The summed E-state index contributed by atoms with van der Waals surface area (Å²) < 4.78 is 0. The highest BCUT2D eigenvalue weighted by atomic mass is 32.1. The minimum atomic E-state index is -0.519. The van der Waals surface area contributed by atoms with E-state index < -0.39 is 5.41 Å². The molecule has 4 rings (SSSR count). The average Bonchev–Trinajstić information content (AvgIpc) is 3.15. The van der Waals surface area contributed by atoms with Gasteiger partial charge in [0.1, 0.15) is 0 Å². The van der Waals surface area contributed by atoms with E-state index in [4.69, 9.17) is 0 Å². The molecule has 0 saturated carbocycles. The molecule has 0 aliphatic carbocycles. The molecule has 1 amide bonds. The van der Waals surface area contributed by atoms with Crippen molar-refractivity contribution in [3.8, 4) is 11.3 Å². The van der Waals surface area contributed by atoms with Crippen LogP contribution in [0, 0.1) is 6.92 Å². The first kappa shape index (κ1) is 16.7. The van der Waals surface area contributed by atoms with Gasteiger partial charge in [0.05, 0.1) is 16.8 Å². The lowest BCUT2D eigenvalue weighted by Gasteiger charge is -2.16. The van der Waals surface area contributed by atoms with Gasteiger partial charge in [0.2, 0.25) is 5.91 Å². The minimum Gasteiger partial charge on any atom is -0.315 e. The second-order valence-corrected chi connectivity index (χ2v) is 7.80. The van der Waals surface area contributed by atoms with E-state index in [0.29, 0.717) is 5.82 Å². The van der Waals surface area contributed by atoms with Gasteiger partial charge in [-0.2, -0.15) is 5.10 Å². The Morgan fingerprint density at radius 1 is 1.15 bits per heavy atom. The average molecular weight is 365 g/mol. The summed E-state index contributed by atoms with van der Waals surface area (Å²) in [7, 11) is 1.82. The number of hydrogen-bond donors (Lipinski definition) is 1. The van der Waals surface area contributed by atoms with E-state index in [-0.39, 0.29) is 5.91 Å². The SMILES string of the molecule is Cc1ccc(Nc2nc(-c3ccc4c(c3)C(C)(C)C(=O)N4C)cs2)nn1. The number of anilines is 3. The maximum Gasteiger partial charge on any atom is 0.236 e. The van der Waals surface area contributed by atoms with Crippen LogP contribution in [0.2, 0.25) is 0 Å². The largest absolute Gasteiger partial charge is 0.315 e. The van der Waals surface area contributed by atoms with E-state index in [1.165, 1.54) is 11.3 Å². The quantitative estimate of drug-likeness (QED) is 0.762. The minimum absolute atomic E-state index is 0.114. The predicted molar refractivity (Wildman–Crippen MR) is 104 cm³/mol. The van der Waals surface area contributed by atoms with Gasteiger partial charge in [-0.15, -0.1) is 16.4 Å². The number of carbonyl (C=O) groups excluding carboxylic acids is 1. The lowest BCUT2D eigenvalue weighted by atomic mass is 9.85. The summed E-state index contributed by atoms with van der Waals surface area (Å²) in [5.74, 6) is 0.780. The standard InChI is InChI=1S/C19H19N5OS/c1-11-5-8-16(23-22-11)21-18-20-14(10-26-18)12-6-7-15-13(9-12)19(2,3)17(25)24(15)4/h5-10H,1-4H3,(H,20,21,23). The number of aromatic nitrogens is 3. The van der Waals surface area contributed by atoms with Gasteiger partial charge in [0, 0.05) is 23.7 Å². The third kappa shape index (κ3) is 2.64. The summed E-state index contributed by atoms with van der Waals surface area (Å²) >= 11 is 1.51. The monoisotopic (exact) mass is 365 g/mol.